The molecular formula is C25H18F4N2O3. The first-order chi connectivity index (χ1) is 16.1. The van der Waals surface area contributed by atoms with Crippen LogP contribution in [0.4, 0.5) is 17.6 Å². The van der Waals surface area contributed by atoms with Gasteiger partial charge in [-0.1, -0.05) is 18.2 Å². The number of halogens is 4. The molecule has 3 aromatic rings. The summed E-state index contributed by atoms with van der Waals surface area (Å²) in [6, 6.07) is 11.8. The van der Waals surface area contributed by atoms with Crippen LogP contribution in [-0.4, -0.2) is 26.7 Å². The highest BCUT2D eigenvalue weighted by molar-refractivity contribution is 6.46. The largest absolute Gasteiger partial charge is 0.507 e. The summed E-state index contributed by atoms with van der Waals surface area (Å²) in [6.45, 7) is 1.16. The third kappa shape index (κ3) is 4.28. The summed E-state index contributed by atoms with van der Waals surface area (Å²) in [4.78, 5) is 31.2. The maximum absolute atomic E-state index is 13.7. The first-order valence-electron chi connectivity index (χ1n) is 10.2. The number of aliphatic hydroxyl groups excluding tert-OH is 1. The zero-order valence-corrected chi connectivity index (χ0v) is 17.8. The number of alkyl halides is 3. The third-order valence-electron chi connectivity index (χ3n) is 5.55. The van der Waals surface area contributed by atoms with Gasteiger partial charge in [-0.15, -0.1) is 0 Å². The monoisotopic (exact) mass is 470 g/mol. The van der Waals surface area contributed by atoms with Gasteiger partial charge in [0.25, 0.3) is 11.7 Å². The molecule has 1 unspecified atom stereocenters. The van der Waals surface area contributed by atoms with Crippen LogP contribution in [0.25, 0.3) is 5.76 Å². The van der Waals surface area contributed by atoms with Crippen LogP contribution in [-0.2, 0) is 22.3 Å². The molecule has 174 valence electrons. The van der Waals surface area contributed by atoms with E-state index in [0.29, 0.717) is 0 Å². The van der Waals surface area contributed by atoms with Crippen molar-refractivity contribution in [3.63, 3.8) is 0 Å². The van der Waals surface area contributed by atoms with E-state index in [1.807, 2.05) is 0 Å². The minimum Gasteiger partial charge on any atom is -0.507 e. The van der Waals surface area contributed by atoms with Gasteiger partial charge in [-0.3, -0.25) is 14.6 Å². The van der Waals surface area contributed by atoms with Gasteiger partial charge in [-0.05, 0) is 60.5 Å². The van der Waals surface area contributed by atoms with Crippen molar-refractivity contribution in [2.24, 2.45) is 0 Å². The lowest BCUT2D eigenvalue weighted by molar-refractivity contribution is -0.140. The van der Waals surface area contributed by atoms with Gasteiger partial charge in [0.2, 0.25) is 0 Å². The van der Waals surface area contributed by atoms with E-state index in [-0.39, 0.29) is 34.5 Å². The summed E-state index contributed by atoms with van der Waals surface area (Å²) < 4.78 is 53.2. The van der Waals surface area contributed by atoms with Crippen molar-refractivity contribution in [1.29, 1.82) is 0 Å². The maximum Gasteiger partial charge on any atom is 0.416 e. The van der Waals surface area contributed by atoms with E-state index in [2.05, 4.69) is 4.98 Å². The Morgan fingerprint density at radius 2 is 1.82 bits per heavy atom. The van der Waals surface area contributed by atoms with Crippen molar-refractivity contribution in [3.8, 4) is 0 Å². The Morgan fingerprint density at radius 1 is 1.06 bits per heavy atom. The molecule has 2 aromatic carbocycles. The molecule has 1 atom stereocenters. The highest BCUT2D eigenvalue weighted by Gasteiger charge is 2.47. The Hall–Kier alpha value is -4.01. The van der Waals surface area contributed by atoms with Crippen LogP contribution in [0.5, 0.6) is 0 Å². The molecule has 9 heteroatoms. The fourth-order valence-electron chi connectivity index (χ4n) is 3.88. The molecule has 34 heavy (non-hydrogen) atoms. The second-order valence-corrected chi connectivity index (χ2v) is 7.84. The van der Waals surface area contributed by atoms with E-state index < -0.39 is 41.0 Å². The first kappa shape index (κ1) is 23.2. The lowest BCUT2D eigenvalue weighted by Crippen LogP contribution is -2.29. The summed E-state index contributed by atoms with van der Waals surface area (Å²) in [7, 11) is 0. The highest BCUT2D eigenvalue weighted by atomic mass is 19.4. The summed E-state index contributed by atoms with van der Waals surface area (Å²) in [5.74, 6) is -3.04. The Morgan fingerprint density at radius 3 is 2.47 bits per heavy atom. The van der Waals surface area contributed by atoms with Gasteiger partial charge in [0.05, 0.1) is 16.8 Å². The van der Waals surface area contributed by atoms with Crippen LogP contribution in [0.15, 0.2) is 72.4 Å². The highest BCUT2D eigenvalue weighted by Crippen LogP contribution is 2.40. The standard InChI is InChI=1S/C25H18F4N2O3/c1-14-11-16(8-9-18(14)26)22(32)20-21(19-7-2-3-10-30-19)31(24(34)23(20)33)13-15-5-4-6-17(12-15)25(27,28)29/h2-12,21,32H,13H2,1H3/b22-20+. The van der Waals surface area contributed by atoms with E-state index in [4.69, 9.17) is 0 Å². The molecule has 0 radical (unpaired) electrons. The number of aryl methyl sites for hydroxylation is 1. The second kappa shape index (κ2) is 8.74. The molecule has 0 saturated carbocycles. The topological polar surface area (TPSA) is 70.5 Å². The number of ketones is 1. The predicted octanol–water partition coefficient (Wildman–Crippen LogP) is 5.17. The molecule has 1 N–H and O–H groups in total. The molecule has 1 aliphatic heterocycles. The number of hydrogen-bond donors (Lipinski definition) is 1. The van der Waals surface area contributed by atoms with Crippen molar-refractivity contribution in [3.05, 3.63) is 106 Å². The Bertz CT molecular complexity index is 1300. The SMILES string of the molecule is Cc1cc(/C(O)=C2\C(=O)C(=O)N(Cc3cccc(C(F)(F)F)c3)C2c2ccccn2)ccc1F. The summed E-state index contributed by atoms with van der Waals surface area (Å²) >= 11 is 0. The summed E-state index contributed by atoms with van der Waals surface area (Å²) in [6.07, 6.45) is -3.15. The van der Waals surface area contributed by atoms with Crippen LogP contribution in [0, 0.1) is 12.7 Å². The maximum atomic E-state index is 13.7. The van der Waals surface area contributed by atoms with Gasteiger partial charge >= 0.3 is 6.18 Å². The van der Waals surface area contributed by atoms with E-state index in [9.17, 15) is 32.3 Å². The number of Topliss-reactive ketones (excluding diaryl/α,β-unsaturated/α-hetero) is 1. The van der Waals surface area contributed by atoms with Crippen LogP contribution < -0.4 is 0 Å². The average Bonchev–Trinajstić information content (AvgIpc) is 3.05. The van der Waals surface area contributed by atoms with Gasteiger partial charge < -0.3 is 10.0 Å². The molecule has 0 bridgehead atoms. The third-order valence-corrected chi connectivity index (χ3v) is 5.55. The van der Waals surface area contributed by atoms with E-state index in [1.54, 1.807) is 18.2 Å². The molecule has 0 spiro atoms. The smallest absolute Gasteiger partial charge is 0.416 e. The molecule has 1 fully saturated rings. The number of amides is 1. The van der Waals surface area contributed by atoms with E-state index in [1.165, 1.54) is 37.4 Å². The quantitative estimate of drug-likeness (QED) is 0.247. The van der Waals surface area contributed by atoms with Crippen molar-refractivity contribution in [2.45, 2.75) is 25.7 Å². The lowest BCUT2D eigenvalue weighted by atomic mass is 9.97. The number of pyridine rings is 1. The number of aromatic nitrogens is 1. The molecule has 4 rings (SSSR count). The molecule has 1 aromatic heterocycles. The molecule has 1 amide bonds. The van der Waals surface area contributed by atoms with Gasteiger partial charge in [0.1, 0.15) is 17.6 Å². The molecule has 1 aliphatic rings. The van der Waals surface area contributed by atoms with Gasteiger partial charge in [-0.25, -0.2) is 4.39 Å². The summed E-state index contributed by atoms with van der Waals surface area (Å²) in [5.41, 5.74) is -0.433. The average molecular weight is 470 g/mol. The van der Waals surface area contributed by atoms with Crippen molar-refractivity contribution >= 4 is 17.4 Å². The van der Waals surface area contributed by atoms with E-state index in [0.717, 1.165) is 23.1 Å². The number of benzene rings is 2. The second-order valence-electron chi connectivity index (χ2n) is 7.84. The van der Waals surface area contributed by atoms with Gasteiger partial charge in [0.15, 0.2) is 0 Å². The number of nitrogens with zero attached hydrogens (tertiary/aromatic N) is 2. The van der Waals surface area contributed by atoms with E-state index >= 15 is 0 Å². The minimum absolute atomic E-state index is 0.122. The van der Waals surface area contributed by atoms with Crippen LogP contribution in [0.2, 0.25) is 0 Å². The zero-order chi connectivity index (χ0) is 24.6. The van der Waals surface area contributed by atoms with Crippen molar-refractivity contribution < 1.29 is 32.3 Å². The zero-order valence-electron chi connectivity index (χ0n) is 17.8. The summed E-state index contributed by atoms with van der Waals surface area (Å²) in [5, 5.41) is 11.0. The molecule has 1 saturated heterocycles. The van der Waals surface area contributed by atoms with Crippen LogP contribution in [0.1, 0.15) is 34.0 Å². The number of carbonyl (C=O) groups is 2. The minimum atomic E-state index is -4.58. The normalized spacial score (nSPS) is 17.9. The molecule has 5 nitrogen and oxygen atoms in total. The van der Waals surface area contributed by atoms with Crippen molar-refractivity contribution in [1.82, 2.24) is 9.88 Å². The first-order valence-corrected chi connectivity index (χ1v) is 10.2. The van der Waals surface area contributed by atoms with Gasteiger partial charge in [0, 0.05) is 18.3 Å². The number of rotatable bonds is 4. The van der Waals surface area contributed by atoms with Gasteiger partial charge in [-0.2, -0.15) is 13.2 Å². The fraction of sp³-hybridized carbons (Fsp3) is 0.160. The predicted molar refractivity (Wildman–Crippen MR) is 115 cm³/mol. The fourth-order valence-corrected chi connectivity index (χ4v) is 3.88. The molecule has 2 heterocycles. The van der Waals surface area contributed by atoms with Crippen molar-refractivity contribution in [2.75, 3.05) is 0 Å². The number of aliphatic hydroxyl groups is 1. The molecule has 0 aliphatic carbocycles. The Balaban J connectivity index is 1.83. The Labute approximate surface area is 192 Å². The number of carbonyl (C=O) groups excluding carboxylic acids is 2. The Kier molecular flexibility index (Phi) is 5.95. The van der Waals surface area contributed by atoms with Crippen LogP contribution >= 0.6 is 0 Å². The number of likely N-dealkylation sites (tertiary alicyclic amines) is 1. The van der Waals surface area contributed by atoms with Crippen LogP contribution in [0.3, 0.4) is 0 Å². The molecular weight excluding hydrogens is 452 g/mol. The lowest BCUT2D eigenvalue weighted by Gasteiger charge is -2.25. The number of hydrogen-bond acceptors (Lipinski definition) is 4.